The van der Waals surface area contributed by atoms with Gasteiger partial charge in [-0.15, -0.1) is 0 Å². The average Bonchev–Trinajstić information content (AvgIpc) is 2.37. The topological polar surface area (TPSA) is 89.7 Å². The summed E-state index contributed by atoms with van der Waals surface area (Å²) in [4.78, 5) is 21.6. The van der Waals surface area contributed by atoms with Crippen LogP contribution in [-0.2, 0) is 9.53 Å². The molecule has 0 amide bonds. The molecule has 104 valence electrons. The summed E-state index contributed by atoms with van der Waals surface area (Å²) in [6.07, 6.45) is -1.03. The zero-order chi connectivity index (χ0) is 14.6. The highest BCUT2D eigenvalue weighted by Crippen LogP contribution is 2.31. The van der Waals surface area contributed by atoms with Crippen molar-refractivity contribution in [3.63, 3.8) is 0 Å². The van der Waals surface area contributed by atoms with Gasteiger partial charge in [0.15, 0.2) is 0 Å². The zero-order valence-corrected chi connectivity index (χ0v) is 12.1. The van der Waals surface area contributed by atoms with Gasteiger partial charge in [0.2, 0.25) is 0 Å². The van der Waals surface area contributed by atoms with Gasteiger partial charge >= 0.3 is 5.97 Å². The second kappa shape index (κ2) is 6.63. The largest absolute Gasteiger partial charge is 0.469 e. The predicted octanol–water partition coefficient (Wildman–Crippen LogP) is 2.59. The molecule has 1 aromatic rings. The van der Waals surface area contributed by atoms with E-state index in [1.165, 1.54) is 19.2 Å². The number of hydrogen-bond donors (Lipinski definition) is 1. The first-order valence-corrected chi connectivity index (χ1v) is 6.35. The molecule has 2 atom stereocenters. The van der Waals surface area contributed by atoms with Crippen molar-refractivity contribution < 1.29 is 19.6 Å². The fraction of sp³-hybridized carbons (Fsp3) is 0.417. The molecule has 0 aromatic heterocycles. The monoisotopic (exact) mass is 331 g/mol. The molecule has 0 saturated carbocycles. The van der Waals surface area contributed by atoms with Crippen molar-refractivity contribution in [1.82, 2.24) is 0 Å². The number of esters is 1. The first kappa shape index (κ1) is 15.6. The fourth-order valence-corrected chi connectivity index (χ4v) is 2.06. The lowest BCUT2D eigenvalue weighted by molar-refractivity contribution is -0.386. The lowest BCUT2D eigenvalue weighted by atomic mass is 9.97. The standard InChI is InChI=1S/C12H14BrNO5/c1-7(12(16)19-2)5-11(15)9-4-3-8(13)6-10(9)14(17)18/h3-4,6-7,11,15H,5H2,1-2H3. The molecule has 0 saturated heterocycles. The van der Waals surface area contributed by atoms with Crippen LogP contribution in [0, 0.1) is 16.0 Å². The van der Waals surface area contributed by atoms with Crippen LogP contribution in [0.1, 0.15) is 25.0 Å². The Morgan fingerprint density at radius 1 is 1.58 bits per heavy atom. The summed E-state index contributed by atoms with van der Waals surface area (Å²) in [5.41, 5.74) is 0.00268. The number of aliphatic hydroxyl groups excluding tert-OH is 1. The molecule has 0 radical (unpaired) electrons. The Hall–Kier alpha value is -1.47. The number of aliphatic hydroxyl groups is 1. The van der Waals surface area contributed by atoms with E-state index in [4.69, 9.17) is 0 Å². The number of hydrogen-bond acceptors (Lipinski definition) is 5. The molecule has 2 unspecified atom stereocenters. The van der Waals surface area contributed by atoms with Gasteiger partial charge in [-0.05, 0) is 18.6 Å². The fourth-order valence-electron chi connectivity index (χ4n) is 1.72. The third-order valence-corrected chi connectivity index (χ3v) is 3.22. The molecule has 1 rings (SSSR count). The van der Waals surface area contributed by atoms with Crippen LogP contribution < -0.4 is 0 Å². The maximum absolute atomic E-state index is 11.3. The summed E-state index contributed by atoms with van der Waals surface area (Å²) in [5, 5.41) is 21.0. The third-order valence-electron chi connectivity index (χ3n) is 2.73. The highest BCUT2D eigenvalue weighted by atomic mass is 79.9. The number of methoxy groups -OCH3 is 1. The second-order valence-corrected chi connectivity index (χ2v) is 5.05. The van der Waals surface area contributed by atoms with Gasteiger partial charge in [0.1, 0.15) is 0 Å². The van der Waals surface area contributed by atoms with Crippen molar-refractivity contribution in [3.8, 4) is 0 Å². The molecule has 0 heterocycles. The minimum Gasteiger partial charge on any atom is -0.469 e. The SMILES string of the molecule is COC(=O)C(C)CC(O)c1ccc(Br)cc1[N+](=O)[O-]. The van der Waals surface area contributed by atoms with Crippen LogP contribution in [0.5, 0.6) is 0 Å². The summed E-state index contributed by atoms with van der Waals surface area (Å²) in [6.45, 7) is 1.60. The van der Waals surface area contributed by atoms with E-state index in [9.17, 15) is 20.0 Å². The smallest absolute Gasteiger partial charge is 0.308 e. The molecule has 7 heteroatoms. The van der Waals surface area contributed by atoms with E-state index in [0.29, 0.717) is 4.47 Å². The summed E-state index contributed by atoms with van der Waals surface area (Å²) in [6, 6.07) is 4.40. The molecule has 1 N–H and O–H groups in total. The van der Waals surface area contributed by atoms with Crippen LogP contribution in [0.3, 0.4) is 0 Å². The Morgan fingerprint density at radius 2 is 2.21 bits per heavy atom. The second-order valence-electron chi connectivity index (χ2n) is 4.14. The number of carbonyl (C=O) groups is 1. The van der Waals surface area contributed by atoms with E-state index >= 15 is 0 Å². The first-order valence-electron chi connectivity index (χ1n) is 5.56. The number of halogens is 1. The van der Waals surface area contributed by atoms with Crippen molar-refractivity contribution >= 4 is 27.6 Å². The molecule has 6 nitrogen and oxygen atoms in total. The normalized spacial score (nSPS) is 13.7. The molecule has 0 aliphatic carbocycles. The summed E-state index contributed by atoms with van der Waals surface area (Å²) in [7, 11) is 1.26. The highest BCUT2D eigenvalue weighted by Gasteiger charge is 2.25. The van der Waals surface area contributed by atoms with E-state index in [2.05, 4.69) is 20.7 Å². The van der Waals surface area contributed by atoms with E-state index < -0.39 is 22.9 Å². The predicted molar refractivity (Wildman–Crippen MR) is 71.6 cm³/mol. The molecule has 0 aliphatic rings. The van der Waals surface area contributed by atoms with Crippen LogP contribution in [0.15, 0.2) is 22.7 Å². The van der Waals surface area contributed by atoms with Crippen molar-refractivity contribution in [3.05, 3.63) is 38.3 Å². The van der Waals surface area contributed by atoms with Crippen molar-refractivity contribution in [2.24, 2.45) is 5.92 Å². The molecular weight excluding hydrogens is 318 g/mol. The number of rotatable bonds is 5. The van der Waals surface area contributed by atoms with Crippen LogP contribution in [0.2, 0.25) is 0 Å². The van der Waals surface area contributed by atoms with Crippen LogP contribution >= 0.6 is 15.9 Å². The van der Waals surface area contributed by atoms with Crippen LogP contribution in [0.4, 0.5) is 5.69 Å². The molecule has 19 heavy (non-hydrogen) atoms. The summed E-state index contributed by atoms with van der Waals surface area (Å²) < 4.78 is 5.11. The van der Waals surface area contributed by atoms with Crippen molar-refractivity contribution in [1.29, 1.82) is 0 Å². The maximum Gasteiger partial charge on any atom is 0.308 e. The number of nitro benzene ring substituents is 1. The van der Waals surface area contributed by atoms with Crippen LogP contribution in [-0.4, -0.2) is 23.1 Å². The van der Waals surface area contributed by atoms with Gasteiger partial charge in [0, 0.05) is 10.5 Å². The highest BCUT2D eigenvalue weighted by molar-refractivity contribution is 9.10. The Bertz CT molecular complexity index is 491. The number of ether oxygens (including phenoxy) is 1. The molecule has 1 aromatic carbocycles. The summed E-state index contributed by atoms with van der Waals surface area (Å²) in [5.74, 6) is -0.998. The minimum atomic E-state index is -1.09. The van der Waals surface area contributed by atoms with Crippen molar-refractivity contribution in [2.75, 3.05) is 7.11 Å². The van der Waals surface area contributed by atoms with Gasteiger partial charge in [0.05, 0.1) is 29.6 Å². The van der Waals surface area contributed by atoms with E-state index in [1.54, 1.807) is 13.0 Å². The van der Waals surface area contributed by atoms with Gasteiger partial charge in [0.25, 0.3) is 5.69 Å². The average molecular weight is 332 g/mol. The summed E-state index contributed by atoms with van der Waals surface area (Å²) >= 11 is 3.14. The third kappa shape index (κ3) is 4.00. The van der Waals surface area contributed by atoms with Gasteiger partial charge < -0.3 is 9.84 Å². The molecule has 0 fully saturated rings. The Morgan fingerprint density at radius 3 is 2.74 bits per heavy atom. The molecule has 0 spiro atoms. The Balaban J connectivity index is 2.96. The van der Waals surface area contributed by atoms with Gasteiger partial charge in [-0.2, -0.15) is 0 Å². The zero-order valence-electron chi connectivity index (χ0n) is 10.5. The van der Waals surface area contributed by atoms with E-state index in [0.717, 1.165) is 0 Å². The van der Waals surface area contributed by atoms with E-state index in [-0.39, 0.29) is 17.7 Å². The number of benzene rings is 1. The minimum absolute atomic E-state index is 0.0646. The first-order chi connectivity index (χ1) is 8.86. The van der Waals surface area contributed by atoms with E-state index in [1.807, 2.05) is 0 Å². The molecule has 0 bridgehead atoms. The van der Waals surface area contributed by atoms with Crippen molar-refractivity contribution in [2.45, 2.75) is 19.4 Å². The van der Waals surface area contributed by atoms with Crippen LogP contribution in [0.25, 0.3) is 0 Å². The lowest BCUT2D eigenvalue weighted by Crippen LogP contribution is -2.16. The lowest BCUT2D eigenvalue weighted by Gasteiger charge is -2.15. The Labute approximate surface area is 118 Å². The molecule has 0 aliphatic heterocycles. The van der Waals surface area contributed by atoms with Gasteiger partial charge in [-0.25, -0.2) is 0 Å². The number of nitro groups is 1. The quantitative estimate of drug-likeness (QED) is 0.508. The number of nitrogens with zero attached hydrogens (tertiary/aromatic N) is 1. The maximum atomic E-state index is 11.3. The van der Waals surface area contributed by atoms with Gasteiger partial charge in [-0.1, -0.05) is 22.9 Å². The van der Waals surface area contributed by atoms with Gasteiger partial charge in [-0.3, -0.25) is 14.9 Å². The number of carbonyl (C=O) groups excluding carboxylic acids is 1. The molecular formula is C12H14BrNO5. The Kier molecular flexibility index (Phi) is 5.44.